The molecule has 0 radical (unpaired) electrons. The van der Waals surface area contributed by atoms with Crippen molar-refractivity contribution in [3.8, 4) is 11.5 Å². The zero-order valence-corrected chi connectivity index (χ0v) is 26.9. The number of aromatic nitrogens is 1. The number of hydrogen-bond donors (Lipinski definition) is 3. The lowest BCUT2D eigenvalue weighted by Crippen LogP contribution is -2.54. The molecule has 46 heavy (non-hydrogen) atoms. The Balaban J connectivity index is 1.20. The highest BCUT2D eigenvalue weighted by atomic mass is 32.2. The molecule has 14 heteroatoms. The number of benzene rings is 1. The molecule has 4 fully saturated rings. The number of amides is 4. The molecule has 1 saturated heterocycles. The number of ether oxygens (including phenoxy) is 1. The third-order valence-electron chi connectivity index (χ3n) is 9.75. The van der Waals surface area contributed by atoms with Crippen LogP contribution in [0.25, 0.3) is 11.5 Å². The summed E-state index contributed by atoms with van der Waals surface area (Å²) >= 11 is 0. The van der Waals surface area contributed by atoms with E-state index >= 15 is 0 Å². The van der Waals surface area contributed by atoms with Gasteiger partial charge in [0, 0.05) is 13.6 Å². The Morgan fingerprint density at radius 1 is 1.09 bits per heavy atom. The van der Waals surface area contributed by atoms with Crippen LogP contribution in [0.5, 0.6) is 0 Å². The molecular formula is C32H41N5O8S. The molecule has 3 saturated carbocycles. The van der Waals surface area contributed by atoms with Crippen molar-refractivity contribution in [2.24, 2.45) is 17.8 Å². The number of nitrogens with one attached hydrogen (secondary N) is 3. The second-order valence-corrected chi connectivity index (χ2v) is 15.2. The molecule has 6 rings (SSSR count). The van der Waals surface area contributed by atoms with E-state index in [-0.39, 0.29) is 24.7 Å². The molecule has 3 N–H and O–H groups in total. The lowest BCUT2D eigenvalue weighted by atomic mass is 9.92. The Hall–Kier alpha value is -3.94. The molecule has 1 aromatic carbocycles. The molecular weight excluding hydrogens is 614 g/mol. The van der Waals surface area contributed by atoms with Crippen molar-refractivity contribution in [2.45, 2.75) is 88.0 Å². The van der Waals surface area contributed by atoms with Crippen LogP contribution in [-0.4, -0.2) is 72.6 Å². The first-order valence-corrected chi connectivity index (χ1v) is 17.6. The fourth-order valence-electron chi connectivity index (χ4n) is 6.89. The van der Waals surface area contributed by atoms with Crippen LogP contribution < -0.4 is 15.4 Å². The smallest absolute Gasteiger partial charge is 0.411 e. The quantitative estimate of drug-likeness (QED) is 0.420. The molecule has 1 aromatic heterocycles. The van der Waals surface area contributed by atoms with Crippen LogP contribution in [-0.2, 0) is 29.1 Å². The van der Waals surface area contributed by atoms with Crippen molar-refractivity contribution >= 4 is 39.5 Å². The predicted octanol–water partition coefficient (Wildman–Crippen LogP) is 3.50. The molecule has 0 bridgehead atoms. The number of nitrogens with zero attached hydrogens (tertiary/aromatic N) is 2. The third-order valence-corrected chi connectivity index (χ3v) is 11.6. The summed E-state index contributed by atoms with van der Waals surface area (Å²) < 4.78 is 38.7. The number of hydrogen-bond acceptors (Lipinski definition) is 9. The van der Waals surface area contributed by atoms with Gasteiger partial charge in [-0.3, -0.25) is 24.4 Å². The molecule has 1 aliphatic heterocycles. The van der Waals surface area contributed by atoms with Crippen LogP contribution in [0.1, 0.15) is 69.8 Å². The molecule has 2 aromatic rings. The van der Waals surface area contributed by atoms with Gasteiger partial charge in [-0.05, 0) is 75.5 Å². The van der Waals surface area contributed by atoms with Crippen LogP contribution in [0.4, 0.5) is 10.5 Å². The lowest BCUT2D eigenvalue weighted by Gasteiger charge is -2.27. The summed E-state index contributed by atoms with van der Waals surface area (Å²) in [7, 11) is -2.10. The van der Waals surface area contributed by atoms with Gasteiger partial charge in [-0.15, -0.1) is 0 Å². The van der Waals surface area contributed by atoms with E-state index in [0.29, 0.717) is 49.4 Å². The van der Waals surface area contributed by atoms with Crippen LogP contribution in [0.2, 0.25) is 0 Å². The summed E-state index contributed by atoms with van der Waals surface area (Å²) in [6.45, 7) is 2.42. The summed E-state index contributed by atoms with van der Waals surface area (Å²) in [5, 5.41) is 5.07. The zero-order valence-electron chi connectivity index (χ0n) is 26.1. The normalized spacial score (nSPS) is 28.7. The highest BCUT2D eigenvalue weighted by molar-refractivity contribution is 7.91. The predicted molar refractivity (Wildman–Crippen MR) is 167 cm³/mol. The van der Waals surface area contributed by atoms with Gasteiger partial charge in [0.25, 0.3) is 5.91 Å². The molecule has 4 aliphatic rings. The molecule has 5 unspecified atom stereocenters. The van der Waals surface area contributed by atoms with Gasteiger partial charge in [0.2, 0.25) is 27.7 Å². The lowest BCUT2D eigenvalue weighted by molar-refractivity contribution is -0.140. The average Bonchev–Trinajstić information content (AvgIpc) is 3.87. The van der Waals surface area contributed by atoms with Crippen molar-refractivity contribution < 1.29 is 36.7 Å². The number of anilines is 1. The van der Waals surface area contributed by atoms with E-state index < -0.39 is 56.7 Å². The SMILES string of the molecule is Cc1ccc(-c2ncco2)c(NC(=O)OC2CC3C(=O)NC4(C(=O)NS(=O)(=O)C5CC5)CC4CCCCCCN(C)C(=O)C3C2)c1. The standard InChI is InChI=1S/C32H41N5O8S/c1-19-8-11-23(28-33-12-14-44-28)26(15-19)34-31(41)45-21-16-24-25(17-21)29(39)37(2)13-6-4-3-5-7-20-18-32(20,35-27(24)38)30(40)36-46(42,43)22-9-10-22/h8,11-12,14-15,20-22,24-25H,3-7,9-10,13,16-18H2,1-2H3,(H,34,41)(H,35,38)(H,36,40). The van der Waals surface area contributed by atoms with Crippen molar-refractivity contribution in [1.82, 2.24) is 19.9 Å². The van der Waals surface area contributed by atoms with Crippen LogP contribution in [0.3, 0.4) is 0 Å². The maximum Gasteiger partial charge on any atom is 0.411 e. The Kier molecular flexibility index (Phi) is 8.83. The number of aryl methyl sites for hydroxylation is 1. The molecule has 0 spiro atoms. The largest absolute Gasteiger partial charge is 0.446 e. The molecule has 248 valence electrons. The Morgan fingerprint density at radius 2 is 1.85 bits per heavy atom. The van der Waals surface area contributed by atoms with E-state index in [0.717, 1.165) is 31.2 Å². The van der Waals surface area contributed by atoms with Gasteiger partial charge in [-0.25, -0.2) is 18.2 Å². The Morgan fingerprint density at radius 3 is 2.59 bits per heavy atom. The summed E-state index contributed by atoms with van der Waals surface area (Å²) in [6, 6.07) is 5.41. The second-order valence-electron chi connectivity index (χ2n) is 13.2. The van der Waals surface area contributed by atoms with Crippen LogP contribution >= 0.6 is 0 Å². The Bertz CT molecular complexity index is 1610. The highest BCUT2D eigenvalue weighted by Gasteiger charge is 2.62. The third kappa shape index (κ3) is 6.76. The topological polar surface area (TPSA) is 177 Å². The van der Waals surface area contributed by atoms with Gasteiger partial charge < -0.3 is 19.4 Å². The Labute approximate surface area is 268 Å². The van der Waals surface area contributed by atoms with E-state index in [2.05, 4.69) is 20.3 Å². The molecule has 5 atom stereocenters. The van der Waals surface area contributed by atoms with Gasteiger partial charge in [-0.1, -0.05) is 25.3 Å². The number of rotatable bonds is 6. The van der Waals surface area contributed by atoms with E-state index in [1.807, 2.05) is 13.0 Å². The van der Waals surface area contributed by atoms with Gasteiger partial charge in [0.1, 0.15) is 17.9 Å². The van der Waals surface area contributed by atoms with E-state index in [9.17, 15) is 27.6 Å². The molecule has 13 nitrogen and oxygen atoms in total. The fraction of sp³-hybridized carbons (Fsp3) is 0.594. The summed E-state index contributed by atoms with van der Waals surface area (Å²) in [5.74, 6) is -2.97. The number of carbonyl (C=O) groups is 4. The first kappa shape index (κ1) is 32.0. The minimum atomic E-state index is -3.81. The fourth-order valence-corrected chi connectivity index (χ4v) is 8.26. The minimum Gasteiger partial charge on any atom is -0.446 e. The maximum absolute atomic E-state index is 13.9. The molecule has 2 heterocycles. The van der Waals surface area contributed by atoms with Gasteiger partial charge in [0.05, 0.1) is 34.5 Å². The van der Waals surface area contributed by atoms with E-state index in [4.69, 9.17) is 9.15 Å². The average molecular weight is 656 g/mol. The summed E-state index contributed by atoms with van der Waals surface area (Å²) in [6.07, 6.45) is 7.11. The van der Waals surface area contributed by atoms with Gasteiger partial charge in [0.15, 0.2) is 0 Å². The number of sulfonamides is 1. The number of oxazole rings is 1. The molecule has 3 aliphatic carbocycles. The first-order valence-electron chi connectivity index (χ1n) is 16.1. The minimum absolute atomic E-state index is 0.0760. The van der Waals surface area contributed by atoms with Crippen molar-refractivity contribution in [1.29, 1.82) is 0 Å². The highest BCUT2D eigenvalue weighted by Crippen LogP contribution is 2.49. The first-order chi connectivity index (χ1) is 22.0. The monoisotopic (exact) mass is 655 g/mol. The van der Waals surface area contributed by atoms with Crippen molar-refractivity contribution in [2.75, 3.05) is 18.9 Å². The summed E-state index contributed by atoms with van der Waals surface area (Å²) in [5.41, 5.74) is 0.545. The van der Waals surface area contributed by atoms with Crippen LogP contribution in [0.15, 0.2) is 35.1 Å². The zero-order chi connectivity index (χ0) is 32.6. The second kappa shape index (κ2) is 12.7. The van der Waals surface area contributed by atoms with Gasteiger partial charge in [-0.2, -0.15) is 0 Å². The maximum atomic E-state index is 13.9. The van der Waals surface area contributed by atoms with E-state index in [1.165, 1.54) is 12.5 Å². The number of carbonyl (C=O) groups excluding carboxylic acids is 4. The van der Waals surface area contributed by atoms with Crippen LogP contribution in [0, 0.1) is 24.7 Å². The van der Waals surface area contributed by atoms with Crippen molar-refractivity contribution in [3.05, 3.63) is 36.2 Å². The van der Waals surface area contributed by atoms with E-state index in [1.54, 1.807) is 24.1 Å². The van der Waals surface area contributed by atoms with Gasteiger partial charge >= 0.3 is 6.09 Å². The summed E-state index contributed by atoms with van der Waals surface area (Å²) in [4.78, 5) is 60.0. The van der Waals surface area contributed by atoms with Crippen molar-refractivity contribution in [3.63, 3.8) is 0 Å². The molecule has 4 amide bonds. The number of fused-ring (bicyclic) bond motifs is 2.